The van der Waals surface area contributed by atoms with E-state index in [-0.39, 0.29) is 0 Å². The number of hydrogen-bond donors (Lipinski definition) is 1. The van der Waals surface area contributed by atoms with Gasteiger partial charge < -0.3 is 28.8 Å². The zero-order chi connectivity index (χ0) is 18.7. The summed E-state index contributed by atoms with van der Waals surface area (Å²) in [6.45, 7) is 7.04. The molecule has 0 spiro atoms. The number of fused-ring (bicyclic) bond motifs is 2. The number of aliphatic hydroxyl groups excluding tert-OH is 1. The van der Waals surface area contributed by atoms with Gasteiger partial charge in [-0.3, -0.25) is 0 Å². The molecule has 4 rings (SSSR count). The highest BCUT2D eigenvalue weighted by Crippen LogP contribution is 2.45. The van der Waals surface area contributed by atoms with Crippen LogP contribution < -0.4 is 0 Å². The second kappa shape index (κ2) is 6.00. The van der Waals surface area contributed by atoms with Gasteiger partial charge in [0.1, 0.15) is 30.5 Å². The number of hydrogen-bond acceptors (Lipinski definition) is 7. The molecular weight excluding hydrogens is 340 g/mol. The first-order valence-electron chi connectivity index (χ1n) is 8.82. The molecule has 6 atom stereocenters. The van der Waals surface area contributed by atoms with Gasteiger partial charge in [0.2, 0.25) is 0 Å². The van der Waals surface area contributed by atoms with E-state index < -0.39 is 54.2 Å². The Labute approximate surface area is 152 Å². The van der Waals surface area contributed by atoms with Crippen LogP contribution in [-0.2, 0) is 23.7 Å². The summed E-state index contributed by atoms with van der Waals surface area (Å²) in [6.07, 6.45) is -4.34. The summed E-state index contributed by atoms with van der Waals surface area (Å²) in [5.41, 5.74) is 0.433. The topological polar surface area (TPSA) is 83.5 Å². The Morgan fingerprint density at radius 1 is 0.885 bits per heavy atom. The van der Waals surface area contributed by atoms with Crippen molar-refractivity contribution >= 4 is 5.97 Å². The van der Waals surface area contributed by atoms with E-state index in [1.807, 2.05) is 6.07 Å². The molecule has 1 N–H and O–H groups in total. The van der Waals surface area contributed by atoms with Crippen molar-refractivity contribution in [3.63, 3.8) is 0 Å². The lowest BCUT2D eigenvalue weighted by molar-refractivity contribution is -0.183. The van der Waals surface area contributed by atoms with Crippen LogP contribution in [0.5, 0.6) is 0 Å². The van der Waals surface area contributed by atoms with E-state index in [2.05, 4.69) is 0 Å². The maximum atomic E-state index is 12.6. The van der Waals surface area contributed by atoms with Gasteiger partial charge in [0.15, 0.2) is 17.7 Å². The maximum absolute atomic E-state index is 12.6. The van der Waals surface area contributed by atoms with Crippen molar-refractivity contribution in [2.75, 3.05) is 0 Å². The van der Waals surface area contributed by atoms with Crippen molar-refractivity contribution in [3.8, 4) is 0 Å². The van der Waals surface area contributed by atoms with Crippen molar-refractivity contribution in [2.45, 2.75) is 75.9 Å². The first kappa shape index (κ1) is 17.9. The Hall–Kier alpha value is -1.51. The summed E-state index contributed by atoms with van der Waals surface area (Å²) in [5, 5.41) is 10.7. The van der Waals surface area contributed by atoms with E-state index in [0.717, 1.165) is 0 Å². The van der Waals surface area contributed by atoms with Crippen molar-refractivity contribution in [2.24, 2.45) is 0 Å². The fraction of sp³-hybridized carbons (Fsp3) is 0.632. The first-order chi connectivity index (χ1) is 12.2. The van der Waals surface area contributed by atoms with Gasteiger partial charge in [-0.15, -0.1) is 0 Å². The Morgan fingerprint density at radius 2 is 1.35 bits per heavy atom. The molecule has 2 heterocycles. The number of esters is 1. The fourth-order valence-corrected chi connectivity index (χ4v) is 3.94. The van der Waals surface area contributed by atoms with Crippen LogP contribution in [0.3, 0.4) is 0 Å². The van der Waals surface area contributed by atoms with E-state index in [1.54, 1.807) is 52.0 Å². The third-order valence-corrected chi connectivity index (χ3v) is 4.90. The summed E-state index contributed by atoms with van der Waals surface area (Å²) in [6, 6.07) is 8.72. The summed E-state index contributed by atoms with van der Waals surface area (Å²) >= 11 is 0. The van der Waals surface area contributed by atoms with Gasteiger partial charge in [-0.1, -0.05) is 18.2 Å². The number of benzene rings is 1. The Kier molecular flexibility index (Phi) is 4.13. The third kappa shape index (κ3) is 3.04. The normalized spacial score (nSPS) is 39.9. The lowest BCUT2D eigenvalue weighted by atomic mass is 9.85. The molecule has 7 heteroatoms. The quantitative estimate of drug-likeness (QED) is 0.799. The molecule has 2 aliphatic heterocycles. The Balaban J connectivity index is 1.64. The summed E-state index contributed by atoms with van der Waals surface area (Å²) in [4.78, 5) is 12.6. The van der Waals surface area contributed by atoms with Gasteiger partial charge in [0.25, 0.3) is 0 Å². The molecule has 7 nitrogen and oxygen atoms in total. The molecule has 2 unspecified atom stereocenters. The monoisotopic (exact) mass is 364 g/mol. The van der Waals surface area contributed by atoms with Crippen LogP contribution >= 0.6 is 0 Å². The first-order valence-corrected chi connectivity index (χ1v) is 8.82. The highest BCUT2D eigenvalue weighted by atomic mass is 16.8. The number of carbonyl (C=O) groups excluding carboxylic acids is 1. The van der Waals surface area contributed by atoms with E-state index >= 15 is 0 Å². The molecule has 0 aromatic heterocycles. The van der Waals surface area contributed by atoms with E-state index in [9.17, 15) is 9.90 Å². The van der Waals surface area contributed by atoms with E-state index in [1.165, 1.54) is 0 Å². The van der Waals surface area contributed by atoms with Gasteiger partial charge in [-0.25, -0.2) is 4.79 Å². The van der Waals surface area contributed by atoms with Crippen molar-refractivity contribution in [1.29, 1.82) is 0 Å². The summed E-state index contributed by atoms with van der Waals surface area (Å²) in [5.74, 6) is -2.28. The molecule has 142 valence electrons. The number of ether oxygens (including phenoxy) is 5. The van der Waals surface area contributed by atoms with Crippen LogP contribution in [0, 0.1) is 0 Å². The zero-order valence-corrected chi connectivity index (χ0v) is 15.2. The molecule has 26 heavy (non-hydrogen) atoms. The van der Waals surface area contributed by atoms with Crippen LogP contribution in [-0.4, -0.2) is 59.3 Å². The van der Waals surface area contributed by atoms with Gasteiger partial charge >= 0.3 is 5.97 Å². The highest BCUT2D eigenvalue weighted by molar-refractivity contribution is 5.89. The summed E-state index contributed by atoms with van der Waals surface area (Å²) < 4.78 is 29.4. The van der Waals surface area contributed by atoms with E-state index in [0.29, 0.717) is 5.56 Å². The number of rotatable bonds is 2. The maximum Gasteiger partial charge on any atom is 0.338 e. The average molecular weight is 364 g/mol. The predicted molar refractivity (Wildman–Crippen MR) is 89.3 cm³/mol. The van der Waals surface area contributed by atoms with Gasteiger partial charge in [0.05, 0.1) is 5.56 Å². The van der Waals surface area contributed by atoms with Gasteiger partial charge in [0, 0.05) is 0 Å². The molecular formula is C19H24O7. The molecule has 1 aromatic carbocycles. The van der Waals surface area contributed by atoms with Crippen molar-refractivity contribution in [1.82, 2.24) is 0 Å². The number of carbonyl (C=O) groups is 1. The minimum absolute atomic E-state index is 0.433. The van der Waals surface area contributed by atoms with Crippen LogP contribution in [0.2, 0.25) is 0 Å². The van der Waals surface area contributed by atoms with E-state index in [4.69, 9.17) is 23.7 Å². The van der Waals surface area contributed by atoms with Crippen molar-refractivity contribution in [3.05, 3.63) is 35.9 Å². The predicted octanol–water partition coefficient (Wildman–Crippen LogP) is 1.63. The molecule has 3 fully saturated rings. The zero-order valence-electron chi connectivity index (χ0n) is 15.2. The van der Waals surface area contributed by atoms with Gasteiger partial charge in [-0.2, -0.15) is 0 Å². The molecule has 0 bridgehead atoms. The largest absolute Gasteiger partial charge is 0.453 e. The minimum atomic E-state index is -0.944. The standard InChI is InChI=1S/C19H24O7/c1-18(2)23-12-11(20)13-16(26-19(3,4)24-13)14(15(12)25-18)22-17(21)10-8-6-5-7-9-10/h5-9,11-16,20H,1-4H3/t11?,12-,13+,14?,15-,16-/m1/s1. The molecule has 1 aromatic rings. The molecule has 0 radical (unpaired) electrons. The Bertz CT molecular complexity index is 654. The lowest BCUT2D eigenvalue weighted by Crippen LogP contribution is -2.62. The van der Waals surface area contributed by atoms with Crippen molar-refractivity contribution < 1.29 is 33.6 Å². The molecule has 1 saturated carbocycles. The van der Waals surface area contributed by atoms with Crippen LogP contribution in [0.25, 0.3) is 0 Å². The molecule has 0 amide bonds. The second-order valence-electron chi connectivity index (χ2n) is 7.86. The lowest BCUT2D eigenvalue weighted by Gasteiger charge is -2.40. The van der Waals surface area contributed by atoms with Crippen LogP contribution in [0.15, 0.2) is 30.3 Å². The van der Waals surface area contributed by atoms with Crippen LogP contribution in [0.1, 0.15) is 38.1 Å². The molecule has 3 aliphatic rings. The van der Waals surface area contributed by atoms with Gasteiger partial charge in [-0.05, 0) is 39.8 Å². The Morgan fingerprint density at radius 3 is 1.85 bits per heavy atom. The minimum Gasteiger partial charge on any atom is -0.453 e. The fourth-order valence-electron chi connectivity index (χ4n) is 3.94. The highest BCUT2D eigenvalue weighted by Gasteiger charge is 2.64. The average Bonchev–Trinajstić information content (AvgIpc) is 3.08. The molecule has 2 saturated heterocycles. The smallest absolute Gasteiger partial charge is 0.338 e. The number of aliphatic hydroxyl groups is 1. The van der Waals surface area contributed by atoms with Crippen LogP contribution in [0.4, 0.5) is 0 Å². The summed E-state index contributed by atoms with van der Waals surface area (Å²) in [7, 11) is 0. The molecule has 1 aliphatic carbocycles. The third-order valence-electron chi connectivity index (χ3n) is 4.90. The SMILES string of the molecule is CC1(C)O[C@@H]2C(O)[C@@H]3OC(C)(C)O[C@H]3C(OC(=O)c3ccccc3)[C@@H]2O1. The second-order valence-corrected chi connectivity index (χ2v) is 7.86.